The first-order chi connectivity index (χ1) is 16.5. The molecule has 1 saturated heterocycles. The summed E-state index contributed by atoms with van der Waals surface area (Å²) < 4.78 is 22.2. The van der Waals surface area contributed by atoms with Gasteiger partial charge in [-0.15, -0.1) is 0 Å². The lowest BCUT2D eigenvalue weighted by Gasteiger charge is -2.44. The van der Waals surface area contributed by atoms with Gasteiger partial charge >= 0.3 is 0 Å². The molecule has 0 aliphatic carbocycles. The van der Waals surface area contributed by atoms with Crippen LogP contribution in [0, 0.1) is 0 Å². The molecule has 34 heavy (non-hydrogen) atoms. The van der Waals surface area contributed by atoms with Crippen molar-refractivity contribution in [3.05, 3.63) is 53.1 Å². The first kappa shape index (κ1) is 23.9. The van der Waals surface area contributed by atoms with Crippen LogP contribution in [0.1, 0.15) is 46.8 Å². The highest BCUT2D eigenvalue weighted by molar-refractivity contribution is 6.01. The summed E-state index contributed by atoms with van der Waals surface area (Å²) in [5.41, 5.74) is 2.08. The van der Waals surface area contributed by atoms with Gasteiger partial charge in [0.15, 0.2) is 11.5 Å². The Morgan fingerprint density at radius 3 is 2.26 bits per heavy atom. The SMILES string of the molecule is CCCN1C(=O)c2ccccc2[C@@H](C(=O)N2CCOCC2)[C@H]1c1cc(OC)c(OC)c(OC)c1. The van der Waals surface area contributed by atoms with Crippen LogP contribution >= 0.6 is 0 Å². The minimum absolute atomic E-state index is 0.0110. The summed E-state index contributed by atoms with van der Waals surface area (Å²) >= 11 is 0. The van der Waals surface area contributed by atoms with E-state index in [2.05, 4.69) is 0 Å². The zero-order chi connectivity index (χ0) is 24.2. The minimum Gasteiger partial charge on any atom is -0.493 e. The zero-order valence-electron chi connectivity index (χ0n) is 20.2. The van der Waals surface area contributed by atoms with E-state index in [4.69, 9.17) is 18.9 Å². The second-order valence-corrected chi connectivity index (χ2v) is 8.40. The van der Waals surface area contributed by atoms with Crippen molar-refractivity contribution >= 4 is 11.8 Å². The highest BCUT2D eigenvalue weighted by Crippen LogP contribution is 2.48. The molecule has 0 aromatic heterocycles. The smallest absolute Gasteiger partial charge is 0.254 e. The van der Waals surface area contributed by atoms with Gasteiger partial charge in [-0.2, -0.15) is 0 Å². The summed E-state index contributed by atoms with van der Waals surface area (Å²) in [7, 11) is 4.67. The van der Waals surface area contributed by atoms with Crippen molar-refractivity contribution in [2.45, 2.75) is 25.3 Å². The Morgan fingerprint density at radius 1 is 1.03 bits per heavy atom. The topological polar surface area (TPSA) is 77.5 Å². The molecule has 0 bridgehead atoms. The molecule has 0 saturated carbocycles. The second-order valence-electron chi connectivity index (χ2n) is 8.40. The lowest BCUT2D eigenvalue weighted by Crippen LogP contribution is -2.50. The molecule has 2 aliphatic rings. The van der Waals surface area contributed by atoms with E-state index in [-0.39, 0.29) is 11.8 Å². The third-order valence-corrected chi connectivity index (χ3v) is 6.52. The van der Waals surface area contributed by atoms with E-state index < -0.39 is 12.0 Å². The summed E-state index contributed by atoms with van der Waals surface area (Å²) in [4.78, 5) is 31.3. The molecule has 2 atom stereocenters. The highest BCUT2D eigenvalue weighted by Gasteiger charge is 2.45. The lowest BCUT2D eigenvalue weighted by molar-refractivity contribution is -0.138. The normalized spacial score (nSPS) is 20.1. The van der Waals surface area contributed by atoms with Crippen molar-refractivity contribution in [2.75, 3.05) is 54.2 Å². The summed E-state index contributed by atoms with van der Waals surface area (Å²) in [6.07, 6.45) is 0.757. The Kier molecular flexibility index (Phi) is 7.26. The van der Waals surface area contributed by atoms with Gasteiger partial charge in [-0.05, 0) is 35.7 Å². The number of hydrogen-bond acceptors (Lipinski definition) is 6. The lowest BCUT2D eigenvalue weighted by atomic mass is 9.78. The fourth-order valence-electron chi connectivity index (χ4n) is 4.97. The van der Waals surface area contributed by atoms with Crippen molar-refractivity contribution in [2.24, 2.45) is 0 Å². The van der Waals surface area contributed by atoms with Gasteiger partial charge in [0.1, 0.15) is 0 Å². The number of carbonyl (C=O) groups excluding carboxylic acids is 2. The summed E-state index contributed by atoms with van der Waals surface area (Å²) in [6.45, 7) is 4.61. The van der Waals surface area contributed by atoms with E-state index in [1.807, 2.05) is 53.1 Å². The third-order valence-electron chi connectivity index (χ3n) is 6.52. The number of amides is 2. The molecule has 2 amide bonds. The van der Waals surface area contributed by atoms with Crippen molar-refractivity contribution in [3.8, 4) is 17.2 Å². The van der Waals surface area contributed by atoms with E-state index in [0.717, 1.165) is 17.5 Å². The molecule has 2 aromatic rings. The number of fused-ring (bicyclic) bond motifs is 1. The predicted molar refractivity (Wildman–Crippen MR) is 127 cm³/mol. The molecule has 2 aromatic carbocycles. The van der Waals surface area contributed by atoms with Crippen LogP contribution in [0.2, 0.25) is 0 Å². The van der Waals surface area contributed by atoms with Crippen molar-refractivity contribution in [1.82, 2.24) is 9.80 Å². The number of rotatable bonds is 7. The van der Waals surface area contributed by atoms with Crippen LogP contribution in [0.3, 0.4) is 0 Å². The number of methoxy groups -OCH3 is 3. The van der Waals surface area contributed by atoms with Crippen LogP contribution < -0.4 is 14.2 Å². The fourth-order valence-corrected chi connectivity index (χ4v) is 4.97. The maximum absolute atomic E-state index is 14.0. The molecule has 8 nitrogen and oxygen atoms in total. The quantitative estimate of drug-likeness (QED) is 0.621. The average molecular weight is 469 g/mol. The van der Waals surface area contributed by atoms with Gasteiger partial charge in [0.2, 0.25) is 11.7 Å². The number of carbonyl (C=O) groups is 2. The van der Waals surface area contributed by atoms with Gasteiger partial charge in [-0.3, -0.25) is 9.59 Å². The van der Waals surface area contributed by atoms with Crippen molar-refractivity contribution in [1.29, 1.82) is 0 Å². The molecule has 1 fully saturated rings. The first-order valence-electron chi connectivity index (χ1n) is 11.6. The molecule has 0 unspecified atom stereocenters. The number of ether oxygens (including phenoxy) is 4. The van der Waals surface area contributed by atoms with E-state index >= 15 is 0 Å². The Bertz CT molecular complexity index is 1020. The van der Waals surface area contributed by atoms with Crippen LogP contribution in [-0.4, -0.2) is 75.8 Å². The van der Waals surface area contributed by atoms with E-state index in [0.29, 0.717) is 55.7 Å². The second kappa shape index (κ2) is 10.3. The highest BCUT2D eigenvalue weighted by atomic mass is 16.5. The molecule has 0 radical (unpaired) electrons. The Morgan fingerprint density at radius 2 is 1.68 bits per heavy atom. The van der Waals surface area contributed by atoms with Gasteiger partial charge < -0.3 is 28.7 Å². The molecule has 2 aliphatic heterocycles. The van der Waals surface area contributed by atoms with Crippen LogP contribution in [0.4, 0.5) is 0 Å². The van der Waals surface area contributed by atoms with Gasteiger partial charge in [-0.25, -0.2) is 0 Å². The molecular formula is C26H32N2O6. The van der Waals surface area contributed by atoms with Crippen LogP contribution in [0.25, 0.3) is 0 Å². The monoisotopic (exact) mass is 468 g/mol. The van der Waals surface area contributed by atoms with Gasteiger partial charge in [0, 0.05) is 25.2 Å². The molecule has 4 rings (SSSR count). The van der Waals surface area contributed by atoms with Crippen LogP contribution in [-0.2, 0) is 9.53 Å². The van der Waals surface area contributed by atoms with Crippen molar-refractivity contribution in [3.63, 3.8) is 0 Å². The van der Waals surface area contributed by atoms with E-state index in [1.165, 1.54) is 0 Å². The third kappa shape index (κ3) is 4.18. The largest absolute Gasteiger partial charge is 0.493 e. The molecular weight excluding hydrogens is 436 g/mol. The van der Waals surface area contributed by atoms with Gasteiger partial charge in [-0.1, -0.05) is 25.1 Å². The number of hydrogen-bond donors (Lipinski definition) is 0. The Balaban J connectivity index is 1.92. The number of benzene rings is 2. The maximum Gasteiger partial charge on any atom is 0.254 e. The average Bonchev–Trinajstić information content (AvgIpc) is 2.89. The molecule has 182 valence electrons. The number of morpholine rings is 1. The molecule has 0 spiro atoms. The fraction of sp³-hybridized carbons (Fsp3) is 0.462. The van der Waals surface area contributed by atoms with Crippen LogP contribution in [0.5, 0.6) is 17.2 Å². The molecule has 0 N–H and O–H groups in total. The predicted octanol–water partition coefficient (Wildman–Crippen LogP) is 3.26. The summed E-state index contributed by atoms with van der Waals surface area (Å²) in [5, 5.41) is 0. The maximum atomic E-state index is 14.0. The Labute approximate surface area is 200 Å². The Hall–Kier alpha value is -3.26. The standard InChI is InChI=1S/C26H32N2O6/c1-5-10-28-23(17-15-20(31-2)24(33-4)21(16-17)32-3)22(26(30)27-11-13-34-14-12-27)18-8-6-7-9-19(18)25(28)29/h6-9,15-16,22-23H,5,10-14H2,1-4H3/t22-,23-/m1/s1. The summed E-state index contributed by atoms with van der Waals surface area (Å²) in [6, 6.07) is 10.6. The first-order valence-corrected chi connectivity index (χ1v) is 11.6. The summed E-state index contributed by atoms with van der Waals surface area (Å²) in [5.74, 6) is 0.774. The molecule has 2 heterocycles. The van der Waals surface area contributed by atoms with Gasteiger partial charge in [0.05, 0.1) is 46.5 Å². The minimum atomic E-state index is -0.568. The van der Waals surface area contributed by atoms with Crippen LogP contribution in [0.15, 0.2) is 36.4 Å². The van der Waals surface area contributed by atoms with E-state index in [1.54, 1.807) is 21.3 Å². The molecule has 8 heteroatoms. The number of nitrogens with zero attached hydrogens (tertiary/aromatic N) is 2. The van der Waals surface area contributed by atoms with E-state index in [9.17, 15) is 9.59 Å². The zero-order valence-corrected chi connectivity index (χ0v) is 20.2. The van der Waals surface area contributed by atoms with Crippen molar-refractivity contribution < 1.29 is 28.5 Å². The van der Waals surface area contributed by atoms with Gasteiger partial charge in [0.25, 0.3) is 5.91 Å².